The average Bonchev–Trinajstić information content (AvgIpc) is 3.13. The number of carbonyl (C=O) groups excluding carboxylic acids is 2. The Balaban J connectivity index is 4.11. The first-order valence-electron chi connectivity index (χ1n) is 21.8. The number of hydrogen-bond acceptors (Lipinski definition) is 8. The fourth-order valence-electron chi connectivity index (χ4n) is 5.70. The van der Waals surface area contributed by atoms with Gasteiger partial charge in [-0.05, 0) is 51.4 Å². The number of unbranched alkanes of at least 4 members (excludes halogenated alkanes) is 17. The molecule has 0 fully saturated rings. The summed E-state index contributed by atoms with van der Waals surface area (Å²) in [6.07, 6.45) is 43.2. The molecule has 9 nitrogen and oxygen atoms in total. The van der Waals surface area contributed by atoms with Crippen LogP contribution in [0.5, 0.6) is 0 Å². The van der Waals surface area contributed by atoms with Crippen molar-refractivity contribution in [3.8, 4) is 0 Å². The van der Waals surface area contributed by atoms with Crippen LogP contribution in [-0.4, -0.2) is 70.0 Å². The molecule has 0 rings (SSSR count). The van der Waals surface area contributed by atoms with E-state index < -0.39 is 32.5 Å². The van der Waals surface area contributed by atoms with Crippen LogP contribution in [0.2, 0.25) is 0 Å². The quantitative estimate of drug-likeness (QED) is 0.0199. The van der Waals surface area contributed by atoms with Crippen LogP contribution >= 0.6 is 7.82 Å². The van der Waals surface area contributed by atoms with Crippen LogP contribution in [0.3, 0.4) is 0 Å². The van der Waals surface area contributed by atoms with Crippen molar-refractivity contribution in [1.82, 2.24) is 0 Å². The third-order valence-electron chi connectivity index (χ3n) is 9.11. The molecule has 0 aromatic heterocycles. The number of esters is 2. The number of quaternary nitrogens is 1. The van der Waals surface area contributed by atoms with E-state index in [9.17, 15) is 19.0 Å². The SMILES string of the molecule is CC/C=C\C/C=C\C/C=C\C/C=C\CCCCCCCCCCCCCCC(=O)OC(COC(=O)CCCCCCCC)COP(=O)([O-])OCC[N+](C)(C)C. The molecule has 0 spiro atoms. The monoisotopic (exact) mass is 796 g/mol. The number of phosphoric ester groups is 1. The van der Waals surface area contributed by atoms with E-state index in [0.29, 0.717) is 17.4 Å². The number of nitrogens with zero attached hydrogens (tertiary/aromatic N) is 1. The van der Waals surface area contributed by atoms with E-state index in [2.05, 4.69) is 62.5 Å². The maximum atomic E-state index is 12.6. The Kier molecular flexibility index (Phi) is 36.2. The zero-order chi connectivity index (χ0) is 40.7. The van der Waals surface area contributed by atoms with Gasteiger partial charge in [-0.3, -0.25) is 14.2 Å². The molecule has 0 radical (unpaired) electrons. The van der Waals surface area contributed by atoms with Crippen LogP contribution in [0, 0.1) is 0 Å². The number of allylic oxidation sites excluding steroid dienone is 8. The van der Waals surface area contributed by atoms with Crippen molar-refractivity contribution in [2.45, 2.75) is 180 Å². The predicted molar refractivity (Wildman–Crippen MR) is 227 cm³/mol. The summed E-state index contributed by atoms with van der Waals surface area (Å²) in [6, 6.07) is 0. The van der Waals surface area contributed by atoms with Crippen molar-refractivity contribution in [3.63, 3.8) is 0 Å². The molecule has 2 atom stereocenters. The Morgan fingerprint density at radius 2 is 1.04 bits per heavy atom. The molecular weight excluding hydrogens is 713 g/mol. The molecule has 55 heavy (non-hydrogen) atoms. The van der Waals surface area contributed by atoms with Gasteiger partial charge in [0.15, 0.2) is 6.10 Å². The summed E-state index contributed by atoms with van der Waals surface area (Å²) < 4.78 is 33.7. The van der Waals surface area contributed by atoms with Gasteiger partial charge in [0, 0.05) is 12.8 Å². The molecule has 320 valence electrons. The number of likely N-dealkylation sites (N-methyl/N-ethyl adjacent to an activating group) is 1. The smallest absolute Gasteiger partial charge is 0.306 e. The van der Waals surface area contributed by atoms with E-state index in [-0.39, 0.29) is 26.1 Å². The highest BCUT2D eigenvalue weighted by Gasteiger charge is 2.21. The Labute approximate surface area is 337 Å². The molecule has 0 bridgehead atoms. The molecule has 2 unspecified atom stereocenters. The number of carbonyl (C=O) groups is 2. The van der Waals surface area contributed by atoms with Crippen LogP contribution < -0.4 is 4.89 Å². The zero-order valence-corrected chi connectivity index (χ0v) is 36.8. The van der Waals surface area contributed by atoms with E-state index >= 15 is 0 Å². The maximum Gasteiger partial charge on any atom is 0.306 e. The summed E-state index contributed by atoms with van der Waals surface area (Å²) in [6.45, 7) is 4.03. The molecule has 0 aromatic rings. The van der Waals surface area contributed by atoms with E-state index in [4.69, 9.17) is 18.5 Å². The largest absolute Gasteiger partial charge is 0.756 e. The van der Waals surface area contributed by atoms with Crippen LogP contribution in [-0.2, 0) is 32.7 Å². The van der Waals surface area contributed by atoms with Gasteiger partial charge in [0.1, 0.15) is 19.8 Å². The average molecular weight is 796 g/mol. The summed E-state index contributed by atoms with van der Waals surface area (Å²) >= 11 is 0. The highest BCUT2D eigenvalue weighted by Crippen LogP contribution is 2.38. The van der Waals surface area contributed by atoms with Gasteiger partial charge in [-0.25, -0.2) is 0 Å². The Hall–Kier alpha value is -2.03. The predicted octanol–water partition coefficient (Wildman–Crippen LogP) is 11.7. The van der Waals surface area contributed by atoms with Crippen molar-refractivity contribution in [2.75, 3.05) is 47.5 Å². The van der Waals surface area contributed by atoms with E-state index in [1.807, 2.05) is 21.1 Å². The fourth-order valence-corrected chi connectivity index (χ4v) is 6.43. The van der Waals surface area contributed by atoms with E-state index in [1.165, 1.54) is 64.2 Å². The van der Waals surface area contributed by atoms with Crippen molar-refractivity contribution in [3.05, 3.63) is 48.6 Å². The van der Waals surface area contributed by atoms with Crippen LogP contribution in [0.15, 0.2) is 48.6 Å². The molecule has 10 heteroatoms. The van der Waals surface area contributed by atoms with Gasteiger partial charge in [-0.15, -0.1) is 0 Å². The van der Waals surface area contributed by atoms with Gasteiger partial charge in [-0.2, -0.15) is 0 Å². The van der Waals surface area contributed by atoms with E-state index in [0.717, 1.165) is 77.0 Å². The molecule has 0 heterocycles. The van der Waals surface area contributed by atoms with Crippen molar-refractivity contribution >= 4 is 19.8 Å². The van der Waals surface area contributed by atoms with Crippen molar-refractivity contribution < 1.29 is 42.1 Å². The Bertz CT molecular complexity index is 1080. The number of ether oxygens (including phenoxy) is 2. The lowest BCUT2D eigenvalue weighted by Gasteiger charge is -2.28. The summed E-state index contributed by atoms with van der Waals surface area (Å²) in [7, 11) is 1.16. The third kappa shape index (κ3) is 41.4. The van der Waals surface area contributed by atoms with Crippen molar-refractivity contribution in [2.24, 2.45) is 0 Å². The van der Waals surface area contributed by atoms with Crippen LogP contribution in [0.4, 0.5) is 0 Å². The molecular formula is C45H82NO8P. The van der Waals surface area contributed by atoms with Crippen molar-refractivity contribution in [1.29, 1.82) is 0 Å². The first-order valence-corrected chi connectivity index (χ1v) is 23.3. The highest BCUT2D eigenvalue weighted by molar-refractivity contribution is 7.45. The van der Waals surface area contributed by atoms with Gasteiger partial charge >= 0.3 is 11.9 Å². The lowest BCUT2D eigenvalue weighted by atomic mass is 10.0. The maximum absolute atomic E-state index is 12.6. The van der Waals surface area contributed by atoms with Crippen LogP contribution in [0.1, 0.15) is 174 Å². The van der Waals surface area contributed by atoms with Gasteiger partial charge in [0.25, 0.3) is 7.82 Å². The minimum absolute atomic E-state index is 0.0316. The molecule has 0 aliphatic rings. The molecule has 0 saturated heterocycles. The summed E-state index contributed by atoms with van der Waals surface area (Å²) in [5, 5.41) is 0. The summed E-state index contributed by atoms with van der Waals surface area (Å²) in [4.78, 5) is 37.2. The molecule has 0 amide bonds. The second kappa shape index (κ2) is 37.5. The molecule has 0 aliphatic carbocycles. The van der Waals surface area contributed by atoms with E-state index in [1.54, 1.807) is 0 Å². The van der Waals surface area contributed by atoms with Gasteiger partial charge in [-0.1, -0.05) is 159 Å². The Morgan fingerprint density at radius 3 is 1.55 bits per heavy atom. The molecule has 0 N–H and O–H groups in total. The lowest BCUT2D eigenvalue weighted by molar-refractivity contribution is -0.870. The topological polar surface area (TPSA) is 111 Å². The first-order chi connectivity index (χ1) is 26.5. The number of phosphoric acid groups is 1. The zero-order valence-electron chi connectivity index (χ0n) is 35.9. The highest BCUT2D eigenvalue weighted by atomic mass is 31.2. The van der Waals surface area contributed by atoms with Gasteiger partial charge in [0.05, 0.1) is 27.7 Å². The number of rotatable bonds is 39. The lowest BCUT2D eigenvalue weighted by Crippen LogP contribution is -2.37. The second-order valence-electron chi connectivity index (χ2n) is 15.7. The van der Waals surface area contributed by atoms with Gasteiger partial charge in [0.2, 0.25) is 0 Å². The molecule has 0 aliphatic heterocycles. The third-order valence-corrected chi connectivity index (χ3v) is 10.1. The summed E-state index contributed by atoms with van der Waals surface area (Å²) in [5.74, 6) is -0.847. The van der Waals surface area contributed by atoms with Crippen LogP contribution in [0.25, 0.3) is 0 Å². The first kappa shape index (κ1) is 53.0. The van der Waals surface area contributed by atoms with Gasteiger partial charge < -0.3 is 27.9 Å². The normalized spacial score (nSPS) is 14.1. The second-order valence-corrected chi connectivity index (χ2v) is 17.1. The Morgan fingerprint density at radius 1 is 0.582 bits per heavy atom. The fraction of sp³-hybridized carbons (Fsp3) is 0.778. The standard InChI is InChI=1S/C45H82NO8P/c1-6-8-10-12-14-15-16-17-18-19-20-21-22-23-24-25-26-27-28-29-30-31-32-34-36-38-45(48)54-43(41-51-44(47)37-35-33-13-11-9-7-2)42-53-55(49,50)52-40-39-46(3,4)5/h8,10,14-15,17-18,20-21,43H,6-7,9,11-13,16,19,22-42H2,1-5H3/b10-8-,15-14-,18-17-,21-20-. The minimum atomic E-state index is -4.61. The minimum Gasteiger partial charge on any atom is -0.756 e. The summed E-state index contributed by atoms with van der Waals surface area (Å²) in [5.41, 5.74) is 0. The molecule has 0 aromatic carbocycles. The number of hydrogen-bond donors (Lipinski definition) is 0. The molecule has 0 saturated carbocycles.